The van der Waals surface area contributed by atoms with E-state index in [-0.39, 0.29) is 12.4 Å². The van der Waals surface area contributed by atoms with Crippen LogP contribution in [0.15, 0.2) is 42.5 Å². The van der Waals surface area contributed by atoms with Gasteiger partial charge < -0.3 is 17.3 Å². The number of benzene rings is 1. The Balaban J connectivity index is 0.00000225. The summed E-state index contributed by atoms with van der Waals surface area (Å²) in [5.74, 6) is 0. The van der Waals surface area contributed by atoms with Gasteiger partial charge in [0.15, 0.2) is 0 Å². The van der Waals surface area contributed by atoms with Gasteiger partial charge in [0, 0.05) is 0 Å². The Labute approximate surface area is 106 Å². The monoisotopic (exact) mass is 239 g/mol. The lowest BCUT2D eigenvalue weighted by molar-refractivity contribution is -0.890. The zero-order chi connectivity index (χ0) is 10.9. The molecule has 1 aromatic rings. The van der Waals surface area contributed by atoms with Crippen LogP contribution in [-0.2, 0) is 6.42 Å². The summed E-state index contributed by atoms with van der Waals surface area (Å²) in [6, 6.07) is 10.6. The fourth-order valence-electron chi connectivity index (χ4n) is 1.62. The van der Waals surface area contributed by atoms with E-state index in [0.29, 0.717) is 0 Å². The highest BCUT2D eigenvalue weighted by Crippen LogP contribution is 1.99. The highest BCUT2D eigenvalue weighted by atomic mass is 35.5. The molecule has 0 heterocycles. The number of allylic oxidation sites excluding steroid dienone is 1. The standard InChI is InChI=1S/C14H21N.ClH/c1-3-15(4-2)13-9-8-12-14-10-6-5-7-11-14;/h5-11H,3-4,12-13H2,1-2H3;1H. The van der Waals surface area contributed by atoms with Crippen molar-refractivity contribution in [1.82, 2.24) is 0 Å². The quantitative estimate of drug-likeness (QED) is 0.590. The Morgan fingerprint density at radius 1 is 1.00 bits per heavy atom. The predicted octanol–water partition coefficient (Wildman–Crippen LogP) is -1.29. The Morgan fingerprint density at radius 3 is 2.19 bits per heavy atom. The van der Waals surface area contributed by atoms with Crippen molar-refractivity contribution in [3.8, 4) is 0 Å². The predicted molar refractivity (Wildman–Crippen MR) is 66.2 cm³/mol. The van der Waals surface area contributed by atoms with Crippen molar-refractivity contribution in [3.05, 3.63) is 48.0 Å². The first-order valence-corrected chi connectivity index (χ1v) is 5.89. The summed E-state index contributed by atoms with van der Waals surface area (Å²) in [5, 5.41) is 0. The average molecular weight is 240 g/mol. The summed E-state index contributed by atoms with van der Waals surface area (Å²) >= 11 is 0. The molecule has 1 rings (SSSR count). The molecular formula is C14H22ClN. The van der Waals surface area contributed by atoms with Crippen LogP contribution in [-0.4, -0.2) is 19.6 Å². The van der Waals surface area contributed by atoms with Gasteiger partial charge in [0.1, 0.15) is 0 Å². The van der Waals surface area contributed by atoms with Crippen molar-refractivity contribution in [2.75, 3.05) is 19.6 Å². The minimum Gasteiger partial charge on any atom is -1.00 e. The molecule has 0 atom stereocenters. The summed E-state index contributed by atoms with van der Waals surface area (Å²) in [5.41, 5.74) is 1.39. The number of likely N-dealkylation sites (N-methyl/N-ethyl adjacent to an activating group) is 1. The maximum atomic E-state index is 2.30. The zero-order valence-corrected chi connectivity index (χ0v) is 11.0. The maximum absolute atomic E-state index is 2.30. The second-order valence-electron chi connectivity index (χ2n) is 3.82. The molecule has 0 fully saturated rings. The lowest BCUT2D eigenvalue weighted by Crippen LogP contribution is -3.11. The van der Waals surface area contributed by atoms with Gasteiger partial charge in [-0.2, -0.15) is 0 Å². The van der Waals surface area contributed by atoms with Crippen LogP contribution in [0.25, 0.3) is 0 Å². The summed E-state index contributed by atoms with van der Waals surface area (Å²) in [7, 11) is 0. The molecule has 0 bridgehead atoms. The lowest BCUT2D eigenvalue weighted by atomic mass is 10.1. The van der Waals surface area contributed by atoms with Crippen molar-refractivity contribution < 1.29 is 17.3 Å². The van der Waals surface area contributed by atoms with Crippen LogP contribution in [0.4, 0.5) is 0 Å². The largest absolute Gasteiger partial charge is 1.00 e. The van der Waals surface area contributed by atoms with Crippen molar-refractivity contribution in [2.24, 2.45) is 0 Å². The summed E-state index contributed by atoms with van der Waals surface area (Å²) in [6.45, 7) is 8.06. The number of nitrogens with one attached hydrogen (secondary N) is 1. The third kappa shape index (κ3) is 5.94. The second-order valence-corrected chi connectivity index (χ2v) is 3.82. The summed E-state index contributed by atoms with van der Waals surface area (Å²) in [4.78, 5) is 1.64. The molecule has 16 heavy (non-hydrogen) atoms. The Hall–Kier alpha value is -0.790. The number of hydrogen-bond donors (Lipinski definition) is 1. The molecule has 0 aliphatic carbocycles. The van der Waals surface area contributed by atoms with Gasteiger partial charge in [-0.15, -0.1) is 0 Å². The molecule has 1 nitrogen and oxygen atoms in total. The Bertz CT molecular complexity index is 278. The minimum atomic E-state index is 0. The highest BCUT2D eigenvalue weighted by molar-refractivity contribution is 5.17. The fourth-order valence-corrected chi connectivity index (χ4v) is 1.62. The highest BCUT2D eigenvalue weighted by Gasteiger charge is 1.96. The van der Waals surface area contributed by atoms with Crippen LogP contribution in [0.3, 0.4) is 0 Å². The van der Waals surface area contributed by atoms with E-state index >= 15 is 0 Å². The van der Waals surface area contributed by atoms with Crippen LogP contribution in [0, 0.1) is 0 Å². The smallest absolute Gasteiger partial charge is 0.0958 e. The van der Waals surface area contributed by atoms with Crippen molar-refractivity contribution >= 4 is 0 Å². The van der Waals surface area contributed by atoms with E-state index < -0.39 is 0 Å². The molecule has 0 saturated carbocycles. The molecule has 0 aromatic heterocycles. The van der Waals surface area contributed by atoms with E-state index in [1.165, 1.54) is 18.7 Å². The Kier molecular flexibility index (Phi) is 8.97. The third-order valence-corrected chi connectivity index (χ3v) is 2.77. The molecule has 0 saturated heterocycles. The molecule has 0 unspecified atom stereocenters. The molecule has 2 heteroatoms. The number of halogens is 1. The molecule has 0 spiro atoms. The van der Waals surface area contributed by atoms with Crippen LogP contribution in [0.1, 0.15) is 19.4 Å². The molecule has 0 amide bonds. The van der Waals surface area contributed by atoms with Gasteiger partial charge in [-0.25, -0.2) is 0 Å². The SMILES string of the molecule is CC[NH+](CC)CC=CCc1ccccc1.[Cl-]. The fraction of sp³-hybridized carbons (Fsp3) is 0.429. The normalized spacial score (nSPS) is 10.7. The van der Waals surface area contributed by atoms with E-state index in [9.17, 15) is 0 Å². The first-order valence-electron chi connectivity index (χ1n) is 5.89. The number of hydrogen-bond acceptors (Lipinski definition) is 0. The van der Waals surface area contributed by atoms with Gasteiger partial charge in [0.25, 0.3) is 0 Å². The maximum Gasteiger partial charge on any atom is 0.0958 e. The number of quaternary nitrogens is 1. The number of rotatable bonds is 6. The van der Waals surface area contributed by atoms with Gasteiger partial charge in [0.2, 0.25) is 0 Å². The minimum absolute atomic E-state index is 0. The van der Waals surface area contributed by atoms with E-state index in [1.54, 1.807) is 4.90 Å². The van der Waals surface area contributed by atoms with Gasteiger partial charge in [-0.1, -0.05) is 36.4 Å². The molecular weight excluding hydrogens is 218 g/mol. The third-order valence-electron chi connectivity index (χ3n) is 2.77. The van der Waals surface area contributed by atoms with Crippen LogP contribution >= 0.6 is 0 Å². The van der Waals surface area contributed by atoms with E-state index in [1.807, 2.05) is 0 Å². The van der Waals surface area contributed by atoms with Crippen LogP contribution < -0.4 is 17.3 Å². The van der Waals surface area contributed by atoms with Gasteiger partial charge in [-0.05, 0) is 31.9 Å². The van der Waals surface area contributed by atoms with Crippen LogP contribution in [0.5, 0.6) is 0 Å². The van der Waals surface area contributed by atoms with Gasteiger partial charge in [0.05, 0.1) is 19.6 Å². The van der Waals surface area contributed by atoms with Crippen molar-refractivity contribution in [1.29, 1.82) is 0 Å². The topological polar surface area (TPSA) is 4.44 Å². The average Bonchev–Trinajstić information content (AvgIpc) is 2.31. The molecule has 90 valence electrons. The summed E-state index contributed by atoms with van der Waals surface area (Å²) in [6.07, 6.45) is 5.64. The molecule has 0 radical (unpaired) electrons. The molecule has 1 N–H and O–H groups in total. The first-order chi connectivity index (χ1) is 7.36. The first kappa shape index (κ1) is 15.2. The molecule has 0 aliphatic rings. The summed E-state index contributed by atoms with van der Waals surface area (Å²) < 4.78 is 0. The van der Waals surface area contributed by atoms with Crippen molar-refractivity contribution in [2.45, 2.75) is 20.3 Å². The lowest BCUT2D eigenvalue weighted by Gasteiger charge is -2.12. The van der Waals surface area contributed by atoms with Crippen LogP contribution in [0.2, 0.25) is 0 Å². The van der Waals surface area contributed by atoms with Crippen molar-refractivity contribution in [3.63, 3.8) is 0 Å². The van der Waals surface area contributed by atoms with E-state index in [0.717, 1.165) is 13.0 Å². The van der Waals surface area contributed by atoms with Gasteiger partial charge in [-0.3, -0.25) is 0 Å². The Morgan fingerprint density at radius 2 is 1.62 bits per heavy atom. The molecule has 1 aromatic carbocycles. The van der Waals surface area contributed by atoms with E-state index in [4.69, 9.17) is 0 Å². The molecule has 0 aliphatic heterocycles. The second kappa shape index (κ2) is 9.44. The zero-order valence-electron chi connectivity index (χ0n) is 10.2. The van der Waals surface area contributed by atoms with E-state index in [2.05, 4.69) is 56.3 Å². The van der Waals surface area contributed by atoms with Gasteiger partial charge >= 0.3 is 0 Å².